The fraction of sp³-hybridized carbons (Fsp3) is 0.458. The Kier molecular flexibility index (Phi) is 12.2. The molecule has 0 saturated carbocycles. The number of rotatable bonds is 11. The molecule has 0 amide bonds. The Morgan fingerprint density at radius 2 is 1.88 bits per heavy atom. The van der Waals surface area contributed by atoms with Gasteiger partial charge >= 0.3 is 0 Å². The predicted molar refractivity (Wildman–Crippen MR) is 138 cm³/mol. The second-order valence-corrected chi connectivity index (χ2v) is 7.31. The summed E-state index contributed by atoms with van der Waals surface area (Å²) in [6.07, 6.45) is 3.47. The Morgan fingerprint density at radius 3 is 2.56 bits per heavy atom. The molecule has 176 valence electrons. The van der Waals surface area contributed by atoms with Gasteiger partial charge < -0.3 is 29.6 Å². The van der Waals surface area contributed by atoms with Gasteiger partial charge in [-0.15, -0.1) is 24.0 Å². The van der Waals surface area contributed by atoms with E-state index in [1.54, 1.807) is 14.2 Å². The number of hydrogen-bond acceptors (Lipinski definition) is 5. The highest BCUT2D eigenvalue weighted by Crippen LogP contribution is 2.30. The summed E-state index contributed by atoms with van der Waals surface area (Å²) in [6.45, 7) is 3.76. The van der Waals surface area contributed by atoms with Gasteiger partial charge in [-0.2, -0.15) is 0 Å². The SMILES string of the molecule is CN=C(NCCCOCC1CCCO1)NCc1ccc(Oc2ccccc2OC)cc1.I. The van der Waals surface area contributed by atoms with Crippen molar-refractivity contribution in [3.05, 3.63) is 54.1 Å². The molecule has 1 saturated heterocycles. The van der Waals surface area contributed by atoms with Gasteiger partial charge in [0.15, 0.2) is 17.5 Å². The average Bonchev–Trinajstić information content (AvgIpc) is 3.33. The van der Waals surface area contributed by atoms with Gasteiger partial charge in [0.25, 0.3) is 0 Å². The maximum Gasteiger partial charge on any atom is 0.191 e. The van der Waals surface area contributed by atoms with E-state index in [9.17, 15) is 0 Å². The Labute approximate surface area is 207 Å². The minimum absolute atomic E-state index is 0. The molecule has 32 heavy (non-hydrogen) atoms. The number of halogens is 1. The van der Waals surface area contributed by atoms with Gasteiger partial charge in [-0.3, -0.25) is 4.99 Å². The lowest BCUT2D eigenvalue weighted by molar-refractivity contribution is 0.0168. The van der Waals surface area contributed by atoms with Gasteiger partial charge in [0.1, 0.15) is 5.75 Å². The molecule has 8 heteroatoms. The van der Waals surface area contributed by atoms with Crippen LogP contribution in [-0.4, -0.2) is 52.6 Å². The van der Waals surface area contributed by atoms with E-state index in [0.29, 0.717) is 24.7 Å². The molecule has 0 bridgehead atoms. The lowest BCUT2D eigenvalue weighted by Crippen LogP contribution is -2.37. The normalized spacial score (nSPS) is 15.7. The minimum Gasteiger partial charge on any atom is -0.493 e. The monoisotopic (exact) mass is 555 g/mol. The highest BCUT2D eigenvalue weighted by molar-refractivity contribution is 14.0. The Bertz CT molecular complexity index is 811. The van der Waals surface area contributed by atoms with Crippen LogP contribution in [0.25, 0.3) is 0 Å². The first kappa shape index (κ1) is 26.2. The summed E-state index contributed by atoms with van der Waals surface area (Å²) in [4.78, 5) is 4.27. The number of guanidine groups is 1. The molecule has 1 aliphatic heterocycles. The van der Waals surface area contributed by atoms with Gasteiger partial charge in [-0.05, 0) is 49.1 Å². The van der Waals surface area contributed by atoms with Gasteiger partial charge in [-0.25, -0.2) is 0 Å². The predicted octanol–water partition coefficient (Wildman–Crippen LogP) is 4.36. The molecule has 1 unspecified atom stereocenters. The molecule has 1 heterocycles. The van der Waals surface area contributed by atoms with Crippen molar-refractivity contribution in [1.82, 2.24) is 10.6 Å². The van der Waals surface area contributed by atoms with E-state index in [-0.39, 0.29) is 30.1 Å². The fourth-order valence-corrected chi connectivity index (χ4v) is 3.28. The van der Waals surface area contributed by atoms with E-state index in [2.05, 4.69) is 15.6 Å². The van der Waals surface area contributed by atoms with E-state index < -0.39 is 0 Å². The average molecular weight is 555 g/mol. The van der Waals surface area contributed by atoms with Crippen molar-refractivity contribution in [2.45, 2.75) is 31.9 Å². The number of hydrogen-bond donors (Lipinski definition) is 2. The summed E-state index contributed by atoms with van der Waals surface area (Å²) in [5, 5.41) is 6.64. The van der Waals surface area contributed by atoms with Gasteiger partial charge in [-0.1, -0.05) is 24.3 Å². The molecule has 1 fully saturated rings. The van der Waals surface area contributed by atoms with Crippen LogP contribution in [0.4, 0.5) is 0 Å². The van der Waals surface area contributed by atoms with Crippen molar-refractivity contribution in [1.29, 1.82) is 0 Å². The lowest BCUT2D eigenvalue weighted by atomic mass is 10.2. The minimum atomic E-state index is 0. The number of aliphatic imine (C=N–C) groups is 1. The maximum atomic E-state index is 5.92. The van der Waals surface area contributed by atoms with Crippen LogP contribution in [-0.2, 0) is 16.0 Å². The summed E-state index contributed by atoms with van der Waals surface area (Å²) in [7, 11) is 3.41. The Hall–Kier alpha value is -2.04. The zero-order valence-corrected chi connectivity index (χ0v) is 21.2. The third kappa shape index (κ3) is 8.84. The molecule has 0 aliphatic carbocycles. The number of ether oxygens (including phenoxy) is 4. The molecular formula is C24H34IN3O4. The molecule has 0 spiro atoms. The topological polar surface area (TPSA) is 73.3 Å². The van der Waals surface area contributed by atoms with Crippen LogP contribution >= 0.6 is 24.0 Å². The van der Waals surface area contributed by atoms with Crippen molar-refractivity contribution in [3.8, 4) is 17.2 Å². The van der Waals surface area contributed by atoms with Crippen molar-refractivity contribution in [2.75, 3.05) is 40.5 Å². The van der Waals surface area contributed by atoms with Crippen molar-refractivity contribution < 1.29 is 18.9 Å². The highest BCUT2D eigenvalue weighted by atomic mass is 127. The molecule has 3 rings (SSSR count). The number of nitrogens with one attached hydrogen (secondary N) is 2. The van der Waals surface area contributed by atoms with E-state index in [4.69, 9.17) is 18.9 Å². The first-order valence-corrected chi connectivity index (χ1v) is 10.8. The van der Waals surface area contributed by atoms with E-state index in [1.165, 1.54) is 0 Å². The van der Waals surface area contributed by atoms with Crippen LogP contribution in [0.3, 0.4) is 0 Å². The molecule has 1 aliphatic rings. The number of nitrogens with zero attached hydrogens (tertiary/aromatic N) is 1. The fourth-order valence-electron chi connectivity index (χ4n) is 3.28. The lowest BCUT2D eigenvalue weighted by Gasteiger charge is -2.13. The first-order chi connectivity index (χ1) is 15.3. The van der Waals surface area contributed by atoms with Crippen LogP contribution in [0, 0.1) is 0 Å². The van der Waals surface area contributed by atoms with Crippen LogP contribution < -0.4 is 20.1 Å². The number of para-hydroxylation sites is 2. The largest absolute Gasteiger partial charge is 0.493 e. The summed E-state index contributed by atoms with van der Waals surface area (Å²) >= 11 is 0. The van der Waals surface area contributed by atoms with Crippen LogP contribution in [0.15, 0.2) is 53.5 Å². The Balaban J connectivity index is 0.00000363. The quantitative estimate of drug-likeness (QED) is 0.186. The van der Waals surface area contributed by atoms with Crippen molar-refractivity contribution in [3.63, 3.8) is 0 Å². The van der Waals surface area contributed by atoms with E-state index >= 15 is 0 Å². The molecule has 0 aromatic heterocycles. The number of benzene rings is 2. The standard InChI is InChI=1S/C24H33N3O4.HI/c1-25-24(26-14-6-15-29-18-21-7-5-16-30-21)27-17-19-10-12-20(13-11-19)31-23-9-4-3-8-22(23)28-2;/h3-4,8-13,21H,5-7,14-18H2,1-2H3,(H2,25,26,27);1H. The molecule has 0 radical (unpaired) electrons. The summed E-state index contributed by atoms with van der Waals surface area (Å²) in [5.41, 5.74) is 1.13. The summed E-state index contributed by atoms with van der Waals surface area (Å²) < 4.78 is 22.5. The molecule has 2 aromatic carbocycles. The summed E-state index contributed by atoms with van der Waals surface area (Å²) in [5.74, 6) is 2.94. The van der Waals surface area contributed by atoms with Gasteiger partial charge in [0.05, 0.1) is 19.8 Å². The Morgan fingerprint density at radius 1 is 1.09 bits per heavy atom. The molecule has 7 nitrogen and oxygen atoms in total. The second-order valence-electron chi connectivity index (χ2n) is 7.31. The van der Waals surface area contributed by atoms with Crippen molar-refractivity contribution in [2.24, 2.45) is 4.99 Å². The van der Waals surface area contributed by atoms with Gasteiger partial charge in [0, 0.05) is 33.4 Å². The molecular weight excluding hydrogens is 521 g/mol. The highest BCUT2D eigenvalue weighted by Gasteiger charge is 2.14. The first-order valence-electron chi connectivity index (χ1n) is 10.8. The van der Waals surface area contributed by atoms with E-state index in [0.717, 1.165) is 56.3 Å². The van der Waals surface area contributed by atoms with Crippen molar-refractivity contribution >= 4 is 29.9 Å². The van der Waals surface area contributed by atoms with Crippen LogP contribution in [0.2, 0.25) is 0 Å². The smallest absolute Gasteiger partial charge is 0.191 e. The maximum absolute atomic E-state index is 5.92. The van der Waals surface area contributed by atoms with E-state index in [1.807, 2.05) is 48.5 Å². The molecule has 2 aromatic rings. The zero-order chi connectivity index (χ0) is 21.7. The second kappa shape index (κ2) is 14.9. The third-order valence-electron chi connectivity index (χ3n) is 4.99. The third-order valence-corrected chi connectivity index (χ3v) is 4.99. The number of methoxy groups -OCH3 is 1. The molecule has 2 N–H and O–H groups in total. The van der Waals surface area contributed by atoms with Crippen LogP contribution in [0.5, 0.6) is 17.2 Å². The van der Waals surface area contributed by atoms with Gasteiger partial charge in [0.2, 0.25) is 0 Å². The summed E-state index contributed by atoms with van der Waals surface area (Å²) in [6, 6.07) is 15.6. The van der Waals surface area contributed by atoms with Crippen LogP contribution in [0.1, 0.15) is 24.8 Å². The molecule has 1 atom stereocenters. The zero-order valence-electron chi connectivity index (χ0n) is 18.8.